The molecule has 8 nitrogen and oxygen atoms in total. The van der Waals surface area contributed by atoms with Gasteiger partial charge in [-0.15, -0.1) is 0 Å². The first-order valence-corrected chi connectivity index (χ1v) is 10.8. The van der Waals surface area contributed by atoms with Crippen LogP contribution in [0.1, 0.15) is 47.1 Å². The van der Waals surface area contributed by atoms with E-state index in [1.165, 1.54) is 0 Å². The van der Waals surface area contributed by atoms with Gasteiger partial charge in [0.15, 0.2) is 0 Å². The molecule has 0 aliphatic carbocycles. The average molecular weight is 414 g/mol. The van der Waals surface area contributed by atoms with E-state index in [0.29, 0.717) is 30.6 Å². The smallest absolute Gasteiger partial charge is 0.272 e. The summed E-state index contributed by atoms with van der Waals surface area (Å²) < 4.78 is 12.3. The predicted octanol–water partition coefficient (Wildman–Crippen LogP) is 2.16. The molecule has 0 spiro atoms. The van der Waals surface area contributed by atoms with Gasteiger partial charge in [-0.1, -0.05) is 6.07 Å². The molecule has 1 atom stereocenters. The van der Waals surface area contributed by atoms with Crippen molar-refractivity contribution in [3.63, 3.8) is 0 Å². The highest BCUT2D eigenvalue weighted by atomic mass is 16.5. The van der Waals surface area contributed by atoms with Crippen LogP contribution in [0.5, 0.6) is 5.88 Å². The Balaban J connectivity index is 1.45. The van der Waals surface area contributed by atoms with Gasteiger partial charge >= 0.3 is 0 Å². The first-order chi connectivity index (χ1) is 14.7. The molecule has 0 saturated carbocycles. The minimum Gasteiger partial charge on any atom is -0.481 e. The standard InChI is InChI=1S/C22H31N5O3/c1-29-13-12-26-10-5-11-27-20(22(26)28)14-19(24-27)17-6-4-9-25(15-17)16-18-7-3-8-21(23-18)30-2/h3,7-8,14,17H,4-6,9-13,15-16H2,1-2H3. The highest BCUT2D eigenvalue weighted by Gasteiger charge is 2.29. The number of rotatable bonds is 7. The number of pyridine rings is 1. The number of carbonyl (C=O) groups is 1. The number of methoxy groups -OCH3 is 2. The van der Waals surface area contributed by atoms with Crippen molar-refractivity contribution in [2.75, 3.05) is 47.0 Å². The lowest BCUT2D eigenvalue weighted by molar-refractivity contribution is 0.0698. The van der Waals surface area contributed by atoms with Crippen LogP contribution in [0.2, 0.25) is 0 Å². The van der Waals surface area contributed by atoms with Gasteiger partial charge in [0.05, 0.1) is 25.1 Å². The minimum absolute atomic E-state index is 0.0662. The number of amides is 1. The maximum absolute atomic E-state index is 13.0. The molecule has 4 heterocycles. The van der Waals surface area contributed by atoms with Crippen LogP contribution in [0.3, 0.4) is 0 Å². The summed E-state index contributed by atoms with van der Waals surface area (Å²) in [4.78, 5) is 21.8. The fraction of sp³-hybridized carbons (Fsp3) is 0.591. The molecule has 1 saturated heterocycles. The summed E-state index contributed by atoms with van der Waals surface area (Å²) in [5.74, 6) is 1.05. The molecule has 2 aromatic heterocycles. The Bertz CT molecular complexity index is 868. The highest BCUT2D eigenvalue weighted by molar-refractivity contribution is 5.93. The van der Waals surface area contributed by atoms with E-state index in [1.807, 2.05) is 33.8 Å². The number of aryl methyl sites for hydroxylation is 1. The molecule has 2 aromatic rings. The quantitative estimate of drug-likeness (QED) is 0.693. The van der Waals surface area contributed by atoms with Crippen molar-refractivity contribution in [3.05, 3.63) is 41.3 Å². The van der Waals surface area contributed by atoms with Crippen LogP contribution in [0.4, 0.5) is 0 Å². The van der Waals surface area contributed by atoms with Crippen molar-refractivity contribution in [1.82, 2.24) is 24.6 Å². The van der Waals surface area contributed by atoms with E-state index < -0.39 is 0 Å². The lowest BCUT2D eigenvalue weighted by Crippen LogP contribution is -2.34. The van der Waals surface area contributed by atoms with Crippen molar-refractivity contribution < 1.29 is 14.3 Å². The molecule has 0 aromatic carbocycles. The first-order valence-electron chi connectivity index (χ1n) is 10.8. The Labute approximate surface area is 177 Å². The fourth-order valence-corrected chi connectivity index (χ4v) is 4.40. The highest BCUT2D eigenvalue weighted by Crippen LogP contribution is 2.28. The number of fused-ring (bicyclic) bond motifs is 1. The summed E-state index contributed by atoms with van der Waals surface area (Å²) in [6.45, 7) is 5.50. The second-order valence-electron chi connectivity index (χ2n) is 8.06. The second kappa shape index (κ2) is 9.57. The maximum Gasteiger partial charge on any atom is 0.272 e. The van der Waals surface area contributed by atoms with Crippen LogP contribution in [-0.4, -0.2) is 77.5 Å². The lowest BCUT2D eigenvalue weighted by atomic mass is 9.94. The number of ether oxygens (including phenoxy) is 2. The van der Waals surface area contributed by atoms with Gasteiger partial charge in [0.2, 0.25) is 5.88 Å². The number of likely N-dealkylation sites (tertiary alicyclic amines) is 1. The monoisotopic (exact) mass is 413 g/mol. The molecule has 1 unspecified atom stereocenters. The van der Waals surface area contributed by atoms with Gasteiger partial charge in [-0.25, -0.2) is 4.98 Å². The molecular formula is C22H31N5O3. The lowest BCUT2D eigenvalue weighted by Gasteiger charge is -2.31. The van der Waals surface area contributed by atoms with Crippen LogP contribution in [-0.2, 0) is 17.8 Å². The number of aromatic nitrogens is 3. The van der Waals surface area contributed by atoms with Gasteiger partial charge in [0.25, 0.3) is 5.91 Å². The zero-order valence-corrected chi connectivity index (χ0v) is 17.9. The Morgan fingerprint density at radius 3 is 2.90 bits per heavy atom. The van der Waals surface area contributed by atoms with Crippen molar-refractivity contribution in [1.29, 1.82) is 0 Å². The Kier molecular flexibility index (Phi) is 6.64. The number of hydrogen-bond donors (Lipinski definition) is 0. The van der Waals surface area contributed by atoms with Gasteiger partial charge in [0.1, 0.15) is 5.69 Å². The van der Waals surface area contributed by atoms with E-state index in [4.69, 9.17) is 14.6 Å². The topological polar surface area (TPSA) is 72.7 Å². The van der Waals surface area contributed by atoms with Crippen LogP contribution in [0.25, 0.3) is 0 Å². The molecule has 162 valence electrons. The average Bonchev–Trinajstić information content (AvgIpc) is 3.14. The molecule has 0 N–H and O–H groups in total. The third kappa shape index (κ3) is 4.65. The Morgan fingerprint density at radius 2 is 2.07 bits per heavy atom. The van der Waals surface area contributed by atoms with E-state index in [1.54, 1.807) is 14.2 Å². The summed E-state index contributed by atoms with van der Waals surface area (Å²) in [6, 6.07) is 7.91. The fourth-order valence-electron chi connectivity index (χ4n) is 4.40. The predicted molar refractivity (Wildman–Crippen MR) is 113 cm³/mol. The van der Waals surface area contributed by atoms with E-state index in [-0.39, 0.29) is 5.91 Å². The zero-order chi connectivity index (χ0) is 20.9. The van der Waals surface area contributed by atoms with Crippen LogP contribution >= 0.6 is 0 Å². The summed E-state index contributed by atoms with van der Waals surface area (Å²) in [7, 11) is 3.31. The van der Waals surface area contributed by atoms with E-state index in [9.17, 15) is 4.79 Å². The molecule has 1 fully saturated rings. The molecule has 0 radical (unpaired) electrons. The van der Waals surface area contributed by atoms with Gasteiger partial charge < -0.3 is 14.4 Å². The summed E-state index contributed by atoms with van der Waals surface area (Å²) in [5, 5.41) is 4.84. The van der Waals surface area contributed by atoms with Crippen molar-refractivity contribution >= 4 is 5.91 Å². The zero-order valence-electron chi connectivity index (χ0n) is 17.9. The van der Waals surface area contributed by atoms with Crippen molar-refractivity contribution in [3.8, 4) is 5.88 Å². The van der Waals surface area contributed by atoms with Gasteiger partial charge in [-0.3, -0.25) is 14.4 Å². The molecular weight excluding hydrogens is 382 g/mol. The molecule has 8 heteroatoms. The Morgan fingerprint density at radius 1 is 1.17 bits per heavy atom. The maximum atomic E-state index is 13.0. The third-order valence-corrected chi connectivity index (χ3v) is 5.97. The van der Waals surface area contributed by atoms with E-state index in [0.717, 1.165) is 63.4 Å². The molecule has 0 bridgehead atoms. The number of nitrogens with zero attached hydrogens (tertiary/aromatic N) is 5. The summed E-state index contributed by atoms with van der Waals surface area (Å²) in [5.41, 5.74) is 2.76. The largest absolute Gasteiger partial charge is 0.481 e. The van der Waals surface area contributed by atoms with Crippen LogP contribution in [0, 0.1) is 0 Å². The van der Waals surface area contributed by atoms with Crippen molar-refractivity contribution in [2.24, 2.45) is 0 Å². The second-order valence-corrected chi connectivity index (χ2v) is 8.06. The molecule has 30 heavy (non-hydrogen) atoms. The summed E-state index contributed by atoms with van der Waals surface area (Å²) in [6.07, 6.45) is 3.13. The SMILES string of the molecule is COCCN1CCCn2nc(C3CCCN(Cc4cccc(OC)n4)C3)cc2C1=O. The first kappa shape index (κ1) is 20.8. The number of piperidine rings is 1. The summed E-state index contributed by atoms with van der Waals surface area (Å²) >= 11 is 0. The molecule has 4 rings (SSSR count). The Hall–Kier alpha value is -2.45. The van der Waals surface area contributed by atoms with Crippen LogP contribution in [0.15, 0.2) is 24.3 Å². The third-order valence-electron chi connectivity index (χ3n) is 5.97. The molecule has 1 amide bonds. The van der Waals surface area contributed by atoms with Crippen molar-refractivity contribution in [2.45, 2.75) is 38.3 Å². The van der Waals surface area contributed by atoms with Gasteiger partial charge in [-0.2, -0.15) is 5.10 Å². The van der Waals surface area contributed by atoms with Gasteiger partial charge in [0, 0.05) is 51.8 Å². The number of hydrogen-bond acceptors (Lipinski definition) is 6. The van der Waals surface area contributed by atoms with Crippen LogP contribution < -0.4 is 4.74 Å². The molecule has 2 aliphatic heterocycles. The minimum atomic E-state index is 0.0662. The number of carbonyl (C=O) groups excluding carboxylic acids is 1. The van der Waals surface area contributed by atoms with E-state index in [2.05, 4.69) is 9.88 Å². The normalized spacial score (nSPS) is 20.1. The molecule has 2 aliphatic rings. The van der Waals surface area contributed by atoms with E-state index >= 15 is 0 Å². The van der Waals surface area contributed by atoms with Gasteiger partial charge in [-0.05, 0) is 37.9 Å².